The number of carbonyl (C=O) groups excluding carboxylic acids is 4. The van der Waals surface area contributed by atoms with Gasteiger partial charge in [-0.15, -0.1) is 0 Å². The molecule has 12 rings (SSSR count). The molecule has 2 aliphatic heterocycles. The first-order chi connectivity index (χ1) is 47.8. The van der Waals surface area contributed by atoms with Crippen LogP contribution in [0.5, 0.6) is 23.0 Å². The third-order valence-electron chi connectivity index (χ3n) is 15.1. The van der Waals surface area contributed by atoms with Crippen LogP contribution in [0.25, 0.3) is 0 Å². The van der Waals surface area contributed by atoms with Crippen LogP contribution in [0.15, 0.2) is 303 Å². The average Bonchev–Trinajstić information content (AvgIpc) is 0.953. The van der Waals surface area contributed by atoms with E-state index in [1.807, 2.05) is 133 Å². The predicted octanol–water partition coefficient (Wildman–Crippen LogP) is 23.1. The number of esters is 4. The van der Waals surface area contributed by atoms with E-state index in [-0.39, 0.29) is 55.3 Å². The Hall–Kier alpha value is -4.18. The summed E-state index contributed by atoms with van der Waals surface area (Å²) >= 11 is 24.9. The normalized spacial score (nSPS) is 14.1. The standard InChI is InChI=1S/C21H16Br3O2S.C21H16BrI2O2S.C19H20BrO2S.C18H18BrO2S/c2*1-14(22)21(25)26-17-6-12-20(13-7-17)27(18-8-2-15(23)3-9-18)19-10-4-16(24)5-11-19;20-18(15-7-3-1-4-8-15)19(21)22-16-9-11-17(12-10-16)23-13-5-2-6-14-23;19-17(14-6-2-1-3-7-14)18(20)21-15-8-10-16(11-9-15)22-12-4-5-13-22/h2*2-14H,1H3;1,3-4,7-12,18H,2,5-6,13-14H2;1-3,6-11,17H,4-5,12-13H2/q4*+1. The first kappa shape index (κ1) is 78.9. The van der Waals surface area contributed by atoms with E-state index in [9.17, 15) is 19.2 Å². The van der Waals surface area contributed by atoms with E-state index < -0.39 is 9.65 Å². The number of benzene rings is 10. The number of hydrogen-bond donors (Lipinski definition) is 0. The molecule has 510 valence electrons. The minimum Gasteiger partial charge on any atom is -0.426 e. The van der Waals surface area contributed by atoms with Gasteiger partial charge in [-0.25, -0.2) is 0 Å². The molecule has 0 aromatic heterocycles. The zero-order chi connectivity index (χ0) is 70.2. The van der Waals surface area contributed by atoms with Crippen molar-refractivity contribution in [1.29, 1.82) is 0 Å². The molecule has 0 radical (unpaired) electrons. The monoisotopic (exact) mass is 2000 g/mol. The van der Waals surface area contributed by atoms with Gasteiger partial charge in [-0.1, -0.05) is 156 Å². The minimum absolute atomic E-state index is 0.217. The van der Waals surface area contributed by atoms with Gasteiger partial charge in [0.1, 0.15) is 65.3 Å². The molecule has 0 saturated carbocycles. The smallest absolute Gasteiger partial charge is 0.329 e. The molecule has 20 heteroatoms. The van der Waals surface area contributed by atoms with Crippen molar-refractivity contribution >= 4 is 208 Å². The number of alkyl halides is 4. The highest BCUT2D eigenvalue weighted by Gasteiger charge is 2.32. The number of halogens is 8. The quantitative estimate of drug-likeness (QED) is 0.0275. The Balaban J connectivity index is 0.000000155. The summed E-state index contributed by atoms with van der Waals surface area (Å²) in [6.45, 7) is 3.50. The second kappa shape index (κ2) is 40.8. The van der Waals surface area contributed by atoms with Crippen LogP contribution in [0.3, 0.4) is 0 Å². The van der Waals surface area contributed by atoms with Crippen molar-refractivity contribution in [1.82, 2.24) is 0 Å². The van der Waals surface area contributed by atoms with E-state index in [4.69, 9.17) is 18.9 Å². The molecule has 0 bridgehead atoms. The third kappa shape index (κ3) is 24.7. The molecule has 8 nitrogen and oxygen atoms in total. The Morgan fingerprint density at radius 2 is 0.576 bits per heavy atom. The van der Waals surface area contributed by atoms with Gasteiger partial charge in [-0.2, -0.15) is 0 Å². The summed E-state index contributed by atoms with van der Waals surface area (Å²) in [5.74, 6) is 6.36. The number of rotatable bonds is 18. The summed E-state index contributed by atoms with van der Waals surface area (Å²) in [5, 5.41) is 0. The van der Waals surface area contributed by atoms with E-state index in [2.05, 4.69) is 262 Å². The fourth-order valence-electron chi connectivity index (χ4n) is 9.99. The molecule has 99 heavy (non-hydrogen) atoms. The fourth-order valence-corrected chi connectivity index (χ4v) is 20.9. The van der Waals surface area contributed by atoms with Crippen molar-refractivity contribution in [2.75, 3.05) is 23.0 Å². The van der Waals surface area contributed by atoms with Crippen molar-refractivity contribution in [2.24, 2.45) is 0 Å². The van der Waals surface area contributed by atoms with Gasteiger partial charge >= 0.3 is 23.9 Å². The highest BCUT2D eigenvalue weighted by molar-refractivity contribution is 14.1. The molecule has 2 aliphatic rings. The van der Waals surface area contributed by atoms with Crippen LogP contribution in [0.2, 0.25) is 0 Å². The number of ether oxygens (including phenoxy) is 4. The Bertz CT molecular complexity index is 3910. The van der Waals surface area contributed by atoms with Gasteiger partial charge in [0.25, 0.3) is 0 Å². The molecule has 4 atom stereocenters. The largest absolute Gasteiger partial charge is 0.426 e. The maximum atomic E-state index is 12.2. The van der Waals surface area contributed by atoms with Crippen molar-refractivity contribution in [3.63, 3.8) is 0 Å². The van der Waals surface area contributed by atoms with Crippen LogP contribution in [0, 0.1) is 7.14 Å². The zero-order valence-corrected chi connectivity index (χ0v) is 70.9. The first-order valence-electron chi connectivity index (χ1n) is 31.6. The second-order valence-electron chi connectivity index (χ2n) is 22.3. The molecular weight excluding hydrogens is 1940 g/mol. The summed E-state index contributed by atoms with van der Waals surface area (Å²) in [6, 6.07) is 84.8. The van der Waals surface area contributed by atoms with Gasteiger partial charge in [0, 0.05) is 37.9 Å². The van der Waals surface area contributed by atoms with Gasteiger partial charge < -0.3 is 18.9 Å². The molecule has 0 aliphatic carbocycles. The zero-order valence-electron chi connectivity index (χ0n) is 53.8. The van der Waals surface area contributed by atoms with E-state index in [1.165, 1.54) is 96.5 Å². The summed E-state index contributed by atoms with van der Waals surface area (Å²) in [5.41, 5.74) is 1.80. The van der Waals surface area contributed by atoms with Gasteiger partial charge in [0.15, 0.2) is 39.2 Å². The van der Waals surface area contributed by atoms with Gasteiger partial charge in [0.2, 0.25) is 0 Å². The fraction of sp³-hybridized carbons (Fsp3) is 0.190. The molecule has 0 amide bonds. The van der Waals surface area contributed by atoms with Crippen LogP contribution in [0.1, 0.15) is 66.7 Å². The molecular formula is C79H70Br6I2O8S4+4. The Morgan fingerprint density at radius 1 is 0.333 bits per heavy atom. The SMILES string of the molecule is CC(Br)C(=O)Oc1ccc([S+](c2ccc(Br)cc2)c2ccc(Br)cc2)cc1.CC(Br)C(=O)Oc1ccc([S+](c2ccc(I)cc2)c2ccc(I)cc2)cc1.O=C(Oc1ccc([S+]2CCCC2)cc1)C(Br)c1ccccc1.O=C(Oc1ccc([S+]2CCCCC2)cc1)C(Br)c1ccccc1. The lowest BCUT2D eigenvalue weighted by atomic mass is 10.1. The highest BCUT2D eigenvalue weighted by atomic mass is 127. The van der Waals surface area contributed by atoms with Crippen LogP contribution < -0.4 is 18.9 Å². The molecule has 2 fully saturated rings. The van der Waals surface area contributed by atoms with Gasteiger partial charge in [0.05, 0.1) is 21.8 Å². The first-order valence-corrected chi connectivity index (χ1v) is 44.6. The maximum absolute atomic E-state index is 12.2. The molecule has 0 N–H and O–H groups in total. The molecule has 2 saturated heterocycles. The Morgan fingerprint density at radius 3 is 0.859 bits per heavy atom. The van der Waals surface area contributed by atoms with Gasteiger partial charge in [-0.05, 0) is 296 Å². The third-order valence-corrected chi connectivity index (χ3v) is 29.6. The summed E-state index contributed by atoms with van der Waals surface area (Å²) in [4.78, 5) is 56.5. The van der Waals surface area contributed by atoms with Crippen LogP contribution in [-0.4, -0.2) is 56.5 Å². The summed E-state index contributed by atoms with van der Waals surface area (Å²) in [7, 11) is 0.313. The second-order valence-corrected chi connectivity index (χ2v) is 39.8. The molecule has 4 unspecified atom stereocenters. The van der Waals surface area contributed by atoms with Crippen LogP contribution in [-0.2, 0) is 62.8 Å². The van der Waals surface area contributed by atoms with Crippen molar-refractivity contribution in [3.8, 4) is 23.0 Å². The lowest BCUT2D eigenvalue weighted by Gasteiger charge is -2.14. The topological polar surface area (TPSA) is 105 Å². The van der Waals surface area contributed by atoms with Gasteiger partial charge in [-0.3, -0.25) is 19.2 Å². The molecule has 10 aromatic carbocycles. The van der Waals surface area contributed by atoms with E-state index in [0.29, 0.717) is 44.8 Å². The van der Waals surface area contributed by atoms with E-state index in [0.717, 1.165) is 25.0 Å². The van der Waals surface area contributed by atoms with Crippen molar-refractivity contribution < 1.29 is 38.1 Å². The van der Waals surface area contributed by atoms with Crippen molar-refractivity contribution in [3.05, 3.63) is 282 Å². The van der Waals surface area contributed by atoms with Crippen molar-refractivity contribution in [2.45, 2.75) is 104 Å². The molecule has 10 aromatic rings. The molecule has 2 heterocycles. The van der Waals surface area contributed by atoms with Crippen LogP contribution >= 0.6 is 141 Å². The summed E-state index contributed by atoms with van der Waals surface area (Å²) < 4.78 is 26.2. The number of hydrogen-bond acceptors (Lipinski definition) is 8. The summed E-state index contributed by atoms with van der Waals surface area (Å²) in [6.07, 6.45) is 6.71. The predicted molar refractivity (Wildman–Crippen MR) is 446 cm³/mol. The maximum Gasteiger partial charge on any atom is 0.329 e. The lowest BCUT2D eigenvalue weighted by molar-refractivity contribution is -0.134. The Kier molecular flexibility index (Phi) is 32.5. The lowest BCUT2D eigenvalue weighted by Crippen LogP contribution is -2.17. The van der Waals surface area contributed by atoms with E-state index >= 15 is 0 Å². The Labute approximate surface area is 670 Å². The highest BCUT2D eigenvalue weighted by Crippen LogP contribution is 2.37. The minimum atomic E-state index is -0.441. The van der Waals surface area contributed by atoms with Crippen LogP contribution in [0.4, 0.5) is 0 Å². The molecule has 0 spiro atoms. The number of carbonyl (C=O) groups is 4. The average molecular weight is 2010 g/mol. The van der Waals surface area contributed by atoms with E-state index in [1.54, 1.807) is 13.8 Å².